The van der Waals surface area contributed by atoms with Gasteiger partial charge in [0.1, 0.15) is 4.83 Å². The van der Waals surface area contributed by atoms with E-state index in [4.69, 9.17) is 4.74 Å². The summed E-state index contributed by atoms with van der Waals surface area (Å²) in [4.78, 5) is 41.9. The van der Waals surface area contributed by atoms with Crippen molar-refractivity contribution < 1.29 is 9.53 Å². The van der Waals surface area contributed by atoms with Crippen LogP contribution in [0, 0.1) is 6.92 Å². The minimum Gasteiger partial charge on any atom is -0.383 e. The van der Waals surface area contributed by atoms with E-state index in [-0.39, 0.29) is 23.3 Å². The lowest BCUT2D eigenvalue weighted by Gasteiger charge is -2.16. The van der Waals surface area contributed by atoms with Gasteiger partial charge in [0.15, 0.2) is 0 Å². The molecule has 0 bridgehead atoms. The Morgan fingerprint density at radius 1 is 1.21 bits per heavy atom. The Hall–Kier alpha value is -2.13. The summed E-state index contributed by atoms with van der Waals surface area (Å²) < 4.78 is 8.35. The molecule has 1 N–H and O–H groups in total. The maximum Gasteiger partial charge on any atom is 0.332 e. The molecule has 0 spiro atoms. The second kappa shape index (κ2) is 7.71. The third-order valence-corrected chi connectivity index (χ3v) is 7.13. The average molecular weight is 407 g/mol. The summed E-state index contributed by atoms with van der Waals surface area (Å²) in [7, 11) is 1.60. The highest BCUT2D eigenvalue weighted by molar-refractivity contribution is 7.18. The summed E-state index contributed by atoms with van der Waals surface area (Å²) in [5, 5.41) is 3.42. The predicted molar refractivity (Wildman–Crippen MR) is 108 cm³/mol. The Morgan fingerprint density at radius 2 is 1.96 bits per heavy atom. The van der Waals surface area contributed by atoms with Gasteiger partial charge in [-0.1, -0.05) is 12.8 Å². The van der Waals surface area contributed by atoms with Crippen molar-refractivity contribution in [2.45, 2.75) is 51.7 Å². The number of urea groups is 1. The SMILES string of the molecule is COCCn1c(=O)n(C2CCCC2)c(=O)c2c(C)c(CN3CCNC3=O)sc21. The quantitative estimate of drug-likeness (QED) is 0.793. The standard InChI is InChI=1S/C19H26N4O4S/c1-12-14(11-21-8-7-20-18(21)25)28-17-15(12)16(24)23(13-5-3-4-6-13)19(26)22(17)9-10-27-2/h13H,3-11H2,1-2H3,(H,20,25). The van der Waals surface area contributed by atoms with Gasteiger partial charge >= 0.3 is 11.7 Å². The zero-order valence-electron chi connectivity index (χ0n) is 16.3. The highest BCUT2D eigenvalue weighted by Crippen LogP contribution is 2.32. The number of nitrogens with zero attached hydrogens (tertiary/aromatic N) is 3. The fraction of sp³-hybridized carbons (Fsp3) is 0.632. The predicted octanol–water partition coefficient (Wildman–Crippen LogP) is 1.82. The molecule has 28 heavy (non-hydrogen) atoms. The maximum atomic E-state index is 13.3. The monoisotopic (exact) mass is 406 g/mol. The lowest BCUT2D eigenvalue weighted by molar-refractivity contribution is 0.186. The molecule has 3 heterocycles. The van der Waals surface area contributed by atoms with Crippen molar-refractivity contribution in [2.75, 3.05) is 26.8 Å². The molecule has 9 heteroatoms. The first kappa shape index (κ1) is 19.2. The molecule has 1 saturated heterocycles. The lowest BCUT2D eigenvalue weighted by Crippen LogP contribution is -2.42. The topological polar surface area (TPSA) is 85.6 Å². The van der Waals surface area contributed by atoms with E-state index in [1.807, 2.05) is 6.92 Å². The van der Waals surface area contributed by atoms with E-state index in [1.165, 1.54) is 15.9 Å². The summed E-state index contributed by atoms with van der Waals surface area (Å²) in [5.74, 6) is 0. The molecule has 0 atom stereocenters. The Bertz CT molecular complexity index is 1020. The number of hydrogen-bond donors (Lipinski definition) is 1. The van der Waals surface area contributed by atoms with E-state index in [0.29, 0.717) is 43.0 Å². The number of thiophene rings is 1. The van der Waals surface area contributed by atoms with Crippen molar-refractivity contribution >= 4 is 27.6 Å². The van der Waals surface area contributed by atoms with Gasteiger partial charge in [0.25, 0.3) is 5.56 Å². The number of carbonyl (C=O) groups excluding carboxylic acids is 1. The number of hydrogen-bond acceptors (Lipinski definition) is 5. The fourth-order valence-corrected chi connectivity index (χ4v) is 5.59. The van der Waals surface area contributed by atoms with Crippen LogP contribution in [0.2, 0.25) is 0 Å². The third-order valence-electron chi connectivity index (χ3n) is 5.83. The first-order valence-electron chi connectivity index (χ1n) is 9.82. The first-order valence-corrected chi connectivity index (χ1v) is 10.6. The van der Waals surface area contributed by atoms with Crippen LogP contribution >= 0.6 is 11.3 Å². The van der Waals surface area contributed by atoms with E-state index in [1.54, 1.807) is 16.6 Å². The van der Waals surface area contributed by atoms with Gasteiger partial charge in [0.05, 0.1) is 25.1 Å². The largest absolute Gasteiger partial charge is 0.383 e. The summed E-state index contributed by atoms with van der Waals surface area (Å²) in [5.41, 5.74) is 0.446. The summed E-state index contributed by atoms with van der Waals surface area (Å²) in [6.45, 7) is 4.47. The lowest BCUT2D eigenvalue weighted by atomic mass is 10.2. The van der Waals surface area contributed by atoms with Crippen LogP contribution in [0.1, 0.15) is 42.2 Å². The summed E-state index contributed by atoms with van der Waals surface area (Å²) >= 11 is 1.44. The second-order valence-electron chi connectivity index (χ2n) is 7.52. The molecule has 0 aromatic carbocycles. The number of ether oxygens (including phenoxy) is 1. The molecule has 2 aromatic heterocycles. The van der Waals surface area contributed by atoms with E-state index in [2.05, 4.69) is 5.32 Å². The number of aryl methyl sites for hydroxylation is 1. The van der Waals surface area contributed by atoms with Crippen LogP contribution < -0.4 is 16.6 Å². The number of fused-ring (bicyclic) bond motifs is 1. The normalized spacial score (nSPS) is 17.8. The number of amides is 2. The minimum absolute atomic E-state index is 0.0229. The molecule has 1 aliphatic carbocycles. The molecule has 2 aromatic rings. The molecule has 0 unspecified atom stereocenters. The van der Waals surface area contributed by atoms with Crippen molar-refractivity contribution in [3.63, 3.8) is 0 Å². The van der Waals surface area contributed by atoms with Gasteiger partial charge in [-0.05, 0) is 25.3 Å². The Morgan fingerprint density at radius 3 is 2.61 bits per heavy atom. The number of aromatic nitrogens is 2. The minimum atomic E-state index is -0.242. The fourth-order valence-electron chi connectivity index (χ4n) is 4.26. The van der Waals surface area contributed by atoms with Gasteiger partial charge in [0, 0.05) is 31.1 Å². The molecule has 2 aliphatic rings. The highest BCUT2D eigenvalue weighted by Gasteiger charge is 2.27. The molecule has 1 saturated carbocycles. The molecule has 1 aliphatic heterocycles. The van der Waals surface area contributed by atoms with Gasteiger partial charge < -0.3 is 15.0 Å². The average Bonchev–Trinajstić information content (AvgIpc) is 3.39. The van der Waals surface area contributed by atoms with E-state index >= 15 is 0 Å². The van der Waals surface area contributed by atoms with Crippen molar-refractivity contribution in [1.29, 1.82) is 0 Å². The second-order valence-corrected chi connectivity index (χ2v) is 8.61. The Kier molecular flexibility index (Phi) is 5.29. The molecule has 4 rings (SSSR count). The van der Waals surface area contributed by atoms with E-state index < -0.39 is 0 Å². The van der Waals surface area contributed by atoms with Crippen molar-refractivity contribution in [3.8, 4) is 0 Å². The van der Waals surface area contributed by atoms with Gasteiger partial charge in [-0.3, -0.25) is 13.9 Å². The van der Waals surface area contributed by atoms with Crippen LogP contribution in [-0.2, 0) is 17.8 Å². The van der Waals surface area contributed by atoms with Crippen LogP contribution in [0.15, 0.2) is 9.59 Å². The molecule has 2 amide bonds. The molecule has 0 radical (unpaired) electrons. The van der Waals surface area contributed by atoms with Crippen LogP contribution in [0.5, 0.6) is 0 Å². The maximum absolute atomic E-state index is 13.3. The molecular weight excluding hydrogens is 380 g/mol. The van der Waals surface area contributed by atoms with Crippen molar-refractivity contribution in [1.82, 2.24) is 19.4 Å². The van der Waals surface area contributed by atoms with Crippen LogP contribution in [-0.4, -0.2) is 46.9 Å². The zero-order valence-corrected chi connectivity index (χ0v) is 17.1. The third kappa shape index (κ3) is 3.16. The molecule has 8 nitrogen and oxygen atoms in total. The van der Waals surface area contributed by atoms with E-state index in [0.717, 1.165) is 36.1 Å². The van der Waals surface area contributed by atoms with Gasteiger partial charge in [-0.2, -0.15) is 0 Å². The smallest absolute Gasteiger partial charge is 0.332 e. The van der Waals surface area contributed by atoms with Crippen LogP contribution in [0.3, 0.4) is 0 Å². The van der Waals surface area contributed by atoms with Gasteiger partial charge in [-0.25, -0.2) is 9.59 Å². The van der Waals surface area contributed by atoms with Crippen molar-refractivity contribution in [2.24, 2.45) is 0 Å². The van der Waals surface area contributed by atoms with E-state index in [9.17, 15) is 14.4 Å². The highest BCUT2D eigenvalue weighted by atomic mass is 32.1. The molecule has 2 fully saturated rings. The van der Waals surface area contributed by atoms with Crippen molar-refractivity contribution in [3.05, 3.63) is 31.3 Å². The number of methoxy groups -OCH3 is 1. The van der Waals surface area contributed by atoms with Gasteiger partial charge in [0.2, 0.25) is 0 Å². The Labute approximate surface area is 166 Å². The number of rotatable bonds is 6. The molecular formula is C19H26N4O4S. The first-order chi connectivity index (χ1) is 13.5. The summed E-state index contributed by atoms with van der Waals surface area (Å²) in [6.07, 6.45) is 3.83. The van der Waals surface area contributed by atoms with Crippen LogP contribution in [0.25, 0.3) is 10.2 Å². The zero-order chi connectivity index (χ0) is 19.8. The van der Waals surface area contributed by atoms with Gasteiger partial charge in [-0.15, -0.1) is 11.3 Å². The number of nitrogens with one attached hydrogen (secondary N) is 1. The summed E-state index contributed by atoms with van der Waals surface area (Å²) in [6, 6.07) is -0.109. The Balaban J connectivity index is 1.88. The van der Waals surface area contributed by atoms with Crippen LogP contribution in [0.4, 0.5) is 4.79 Å². The molecule has 152 valence electrons. The number of carbonyl (C=O) groups is 1.